The molecule has 4 aromatic rings. The molecule has 0 bridgehead atoms. The van der Waals surface area contributed by atoms with Crippen molar-refractivity contribution in [3.8, 4) is 11.1 Å². The zero-order valence-corrected chi connectivity index (χ0v) is 27.1. The topological polar surface area (TPSA) is 88.1 Å². The number of nitrogens with one attached hydrogen (secondary N) is 1. The second-order valence-electron chi connectivity index (χ2n) is 12.4. The molecule has 0 aliphatic carbocycles. The standard InChI is InChI=1S/C38H44N2O5S/c41-28-29-14-16-32(17-15-29)37-25-35(27-40-22-7-2-1-3-8-23-40)44-38(45-37)33-20-18-31(19-21-33)34-11-9-10-30(24-34)26-39-46(42,43)36-12-5-4-6-13-36/h4-6,9-21,24,35,37-39,41H,1-3,7-8,22-23,25-28H2/t35-,37+,38+/m0/s1. The first-order valence-corrected chi connectivity index (χ1v) is 17.9. The number of likely N-dealkylation sites (tertiary alicyclic amines) is 1. The van der Waals surface area contributed by atoms with Crippen molar-refractivity contribution in [1.29, 1.82) is 0 Å². The fraction of sp³-hybridized carbons (Fsp3) is 0.368. The molecule has 2 aliphatic rings. The van der Waals surface area contributed by atoms with E-state index in [2.05, 4.69) is 46.0 Å². The summed E-state index contributed by atoms with van der Waals surface area (Å²) in [7, 11) is -3.59. The van der Waals surface area contributed by atoms with E-state index >= 15 is 0 Å². The number of aliphatic hydroxyl groups is 1. The minimum Gasteiger partial charge on any atom is -0.392 e. The highest BCUT2D eigenvalue weighted by molar-refractivity contribution is 7.89. The number of rotatable bonds is 10. The molecule has 0 saturated carbocycles. The van der Waals surface area contributed by atoms with Gasteiger partial charge in [-0.25, -0.2) is 13.1 Å². The maximum Gasteiger partial charge on any atom is 0.240 e. The van der Waals surface area contributed by atoms with Gasteiger partial charge in [0.05, 0.1) is 23.7 Å². The van der Waals surface area contributed by atoms with Crippen LogP contribution in [-0.4, -0.2) is 44.2 Å². The van der Waals surface area contributed by atoms with Crippen LogP contribution in [0.2, 0.25) is 0 Å². The minimum atomic E-state index is -3.59. The fourth-order valence-corrected chi connectivity index (χ4v) is 7.41. The molecule has 46 heavy (non-hydrogen) atoms. The Balaban J connectivity index is 1.16. The molecule has 0 amide bonds. The largest absolute Gasteiger partial charge is 0.392 e. The van der Waals surface area contributed by atoms with Crippen LogP contribution in [0, 0.1) is 0 Å². The molecule has 7 nitrogen and oxygen atoms in total. The Hall–Kier alpha value is -3.37. The van der Waals surface area contributed by atoms with Gasteiger partial charge in [0, 0.05) is 25.1 Å². The van der Waals surface area contributed by atoms with Crippen LogP contribution < -0.4 is 4.72 Å². The maximum atomic E-state index is 12.7. The maximum absolute atomic E-state index is 12.7. The highest BCUT2D eigenvalue weighted by Gasteiger charge is 2.33. The Kier molecular flexibility index (Phi) is 11.0. The first-order valence-electron chi connectivity index (χ1n) is 16.4. The van der Waals surface area contributed by atoms with E-state index < -0.39 is 16.3 Å². The van der Waals surface area contributed by atoms with Crippen LogP contribution in [0.5, 0.6) is 0 Å². The Labute approximate surface area is 273 Å². The predicted molar refractivity (Wildman–Crippen MR) is 180 cm³/mol. The third-order valence-corrected chi connectivity index (χ3v) is 10.4. The lowest BCUT2D eigenvalue weighted by atomic mass is 9.98. The molecule has 242 valence electrons. The number of hydrogen-bond donors (Lipinski definition) is 2. The summed E-state index contributed by atoms with van der Waals surface area (Å²) in [5.74, 6) is 0. The van der Waals surface area contributed by atoms with Crippen molar-refractivity contribution in [2.24, 2.45) is 0 Å². The first kappa shape index (κ1) is 32.6. The third-order valence-electron chi connectivity index (χ3n) is 8.99. The molecule has 6 rings (SSSR count). The summed E-state index contributed by atoms with van der Waals surface area (Å²) < 4.78 is 41.4. The molecule has 8 heteroatoms. The summed E-state index contributed by atoms with van der Waals surface area (Å²) in [6, 6.07) is 32.7. The van der Waals surface area contributed by atoms with Crippen molar-refractivity contribution >= 4 is 10.0 Å². The van der Waals surface area contributed by atoms with Gasteiger partial charge in [0.2, 0.25) is 10.0 Å². The predicted octanol–water partition coefficient (Wildman–Crippen LogP) is 7.14. The van der Waals surface area contributed by atoms with Crippen molar-refractivity contribution in [3.05, 3.63) is 125 Å². The molecular weight excluding hydrogens is 596 g/mol. The quantitative estimate of drug-likeness (QED) is 0.192. The van der Waals surface area contributed by atoms with E-state index in [1.165, 1.54) is 32.1 Å². The zero-order chi connectivity index (χ0) is 31.8. The Morgan fingerprint density at radius 3 is 2.13 bits per heavy atom. The van der Waals surface area contributed by atoms with Crippen LogP contribution in [0.1, 0.15) is 73.2 Å². The molecular formula is C38H44N2O5S. The third kappa shape index (κ3) is 8.50. The smallest absolute Gasteiger partial charge is 0.240 e. The van der Waals surface area contributed by atoms with Gasteiger partial charge in [-0.2, -0.15) is 0 Å². The van der Waals surface area contributed by atoms with Crippen molar-refractivity contribution in [2.45, 2.75) is 75.1 Å². The van der Waals surface area contributed by atoms with Gasteiger partial charge in [-0.15, -0.1) is 0 Å². The lowest BCUT2D eigenvalue weighted by Gasteiger charge is -2.38. The molecule has 2 aliphatic heterocycles. The fourth-order valence-electron chi connectivity index (χ4n) is 6.37. The van der Waals surface area contributed by atoms with E-state index in [0.29, 0.717) is 0 Å². The SMILES string of the molecule is O=S(=O)(NCc1cccc(-c2ccc([C@@H]3O[C@H](CN4CCCCCCC4)C[C@H](c4ccc(CO)cc4)O3)cc2)c1)c1ccccc1. The van der Waals surface area contributed by atoms with Crippen LogP contribution in [0.25, 0.3) is 11.1 Å². The zero-order valence-electron chi connectivity index (χ0n) is 26.3. The number of sulfonamides is 1. The summed E-state index contributed by atoms with van der Waals surface area (Å²) >= 11 is 0. The highest BCUT2D eigenvalue weighted by Crippen LogP contribution is 2.39. The summed E-state index contributed by atoms with van der Waals surface area (Å²) in [6.07, 6.45) is 6.62. The number of aliphatic hydroxyl groups excluding tert-OH is 1. The Bertz CT molecular complexity index is 1640. The summed E-state index contributed by atoms with van der Waals surface area (Å²) in [5.41, 5.74) is 5.86. The second kappa shape index (κ2) is 15.5. The highest BCUT2D eigenvalue weighted by atomic mass is 32.2. The molecule has 0 spiro atoms. The Morgan fingerprint density at radius 2 is 1.41 bits per heavy atom. The summed E-state index contributed by atoms with van der Waals surface area (Å²) in [5, 5.41) is 9.53. The van der Waals surface area contributed by atoms with Gasteiger partial charge in [-0.05, 0) is 71.9 Å². The first-order chi connectivity index (χ1) is 22.5. The average Bonchev–Trinajstić information content (AvgIpc) is 3.09. The number of nitrogens with zero attached hydrogens (tertiary/aromatic N) is 1. The van der Waals surface area contributed by atoms with E-state index in [1.807, 2.05) is 36.4 Å². The van der Waals surface area contributed by atoms with E-state index in [1.54, 1.807) is 30.3 Å². The number of ether oxygens (including phenoxy) is 2. The number of hydrogen-bond acceptors (Lipinski definition) is 6. The van der Waals surface area contributed by atoms with E-state index in [9.17, 15) is 13.5 Å². The normalized spacial score (nSPS) is 21.4. The second-order valence-corrected chi connectivity index (χ2v) is 14.1. The van der Waals surface area contributed by atoms with Crippen LogP contribution in [0.15, 0.2) is 108 Å². The van der Waals surface area contributed by atoms with Crippen molar-refractivity contribution in [3.63, 3.8) is 0 Å². The van der Waals surface area contributed by atoms with Crippen molar-refractivity contribution in [2.75, 3.05) is 19.6 Å². The van der Waals surface area contributed by atoms with Gasteiger partial charge >= 0.3 is 0 Å². The van der Waals surface area contributed by atoms with Gasteiger partial charge in [-0.3, -0.25) is 0 Å². The lowest BCUT2D eigenvalue weighted by Crippen LogP contribution is -2.40. The van der Waals surface area contributed by atoms with Crippen LogP contribution >= 0.6 is 0 Å². The van der Waals surface area contributed by atoms with Gasteiger partial charge in [0.25, 0.3) is 0 Å². The number of benzene rings is 4. The van der Waals surface area contributed by atoms with Gasteiger partial charge in [0.1, 0.15) is 0 Å². The molecule has 0 aromatic heterocycles. The van der Waals surface area contributed by atoms with Gasteiger partial charge in [0.15, 0.2) is 6.29 Å². The average molecular weight is 641 g/mol. The minimum absolute atomic E-state index is 0.0215. The molecule has 2 N–H and O–H groups in total. The summed E-state index contributed by atoms with van der Waals surface area (Å²) in [4.78, 5) is 2.82. The molecule has 0 radical (unpaired) electrons. The van der Waals surface area contributed by atoms with Crippen molar-refractivity contribution in [1.82, 2.24) is 9.62 Å². The van der Waals surface area contributed by atoms with Gasteiger partial charge in [-0.1, -0.05) is 104 Å². The molecule has 4 aromatic carbocycles. The van der Waals surface area contributed by atoms with E-state index in [0.717, 1.165) is 59.4 Å². The molecule has 2 heterocycles. The van der Waals surface area contributed by atoms with E-state index in [-0.39, 0.29) is 30.3 Å². The van der Waals surface area contributed by atoms with Crippen LogP contribution in [0.4, 0.5) is 0 Å². The van der Waals surface area contributed by atoms with Crippen molar-refractivity contribution < 1.29 is 23.0 Å². The summed E-state index contributed by atoms with van der Waals surface area (Å²) in [6.45, 7) is 3.34. The molecule has 2 saturated heterocycles. The molecule has 0 unspecified atom stereocenters. The molecule has 3 atom stereocenters. The Morgan fingerprint density at radius 1 is 0.717 bits per heavy atom. The van der Waals surface area contributed by atoms with Gasteiger partial charge < -0.3 is 19.5 Å². The van der Waals surface area contributed by atoms with Crippen LogP contribution in [-0.2, 0) is 32.6 Å². The van der Waals surface area contributed by atoms with Crippen LogP contribution in [0.3, 0.4) is 0 Å². The lowest BCUT2D eigenvalue weighted by molar-refractivity contribution is -0.253. The monoisotopic (exact) mass is 640 g/mol. The van der Waals surface area contributed by atoms with E-state index in [4.69, 9.17) is 9.47 Å². The molecule has 2 fully saturated rings.